The highest BCUT2D eigenvalue weighted by molar-refractivity contribution is 6.09. The first-order chi connectivity index (χ1) is 20.4. The molecule has 0 aliphatic carbocycles. The summed E-state index contributed by atoms with van der Waals surface area (Å²) in [5.74, 6) is 1.66. The number of pyridine rings is 1. The summed E-state index contributed by atoms with van der Waals surface area (Å²) in [6.45, 7) is 11.9. The van der Waals surface area contributed by atoms with Gasteiger partial charge < -0.3 is 8.98 Å². The average molecular weight is 550 g/mol. The minimum atomic E-state index is 0.369. The summed E-state index contributed by atoms with van der Waals surface area (Å²) in [6.07, 6.45) is 1.92. The molecule has 0 saturated heterocycles. The third-order valence-electron chi connectivity index (χ3n) is 8.40. The lowest BCUT2D eigenvalue weighted by Gasteiger charge is -2.23. The molecule has 208 valence electrons. The Morgan fingerprint density at radius 3 is 2.19 bits per heavy atom. The van der Waals surface area contributed by atoms with E-state index in [1.165, 1.54) is 27.8 Å². The van der Waals surface area contributed by atoms with Gasteiger partial charge in [0.1, 0.15) is 17.0 Å². The molecule has 7 aromatic rings. The lowest BCUT2D eigenvalue weighted by molar-refractivity contribution is 0.667. The van der Waals surface area contributed by atoms with Crippen LogP contribution in [0.2, 0.25) is 0 Å². The second-order valence-electron chi connectivity index (χ2n) is 11.9. The minimum absolute atomic E-state index is 0.369. The van der Waals surface area contributed by atoms with Crippen LogP contribution in [0.3, 0.4) is 0 Å². The predicted molar refractivity (Wildman–Crippen MR) is 174 cm³/mol. The second-order valence-corrected chi connectivity index (χ2v) is 11.9. The van der Waals surface area contributed by atoms with Gasteiger partial charge in [-0.1, -0.05) is 94.4 Å². The number of aromatic nitrogens is 3. The zero-order chi connectivity index (χ0) is 29.0. The van der Waals surface area contributed by atoms with Crippen molar-refractivity contribution in [1.29, 1.82) is 0 Å². The van der Waals surface area contributed by atoms with Crippen LogP contribution in [0.15, 0.2) is 102 Å². The van der Waals surface area contributed by atoms with Gasteiger partial charge in [0.15, 0.2) is 0 Å². The van der Waals surface area contributed by atoms with Crippen molar-refractivity contribution in [2.24, 2.45) is 0 Å². The highest BCUT2D eigenvalue weighted by Gasteiger charge is 2.22. The lowest BCUT2D eigenvalue weighted by atomic mass is 9.85. The Morgan fingerprint density at radius 1 is 0.738 bits per heavy atom. The first-order valence-corrected chi connectivity index (χ1v) is 14.8. The molecule has 0 spiro atoms. The average Bonchev–Trinajstić information content (AvgIpc) is 3.55. The molecule has 0 bridgehead atoms. The van der Waals surface area contributed by atoms with E-state index in [-0.39, 0.29) is 0 Å². The monoisotopic (exact) mass is 549 g/mol. The first-order valence-electron chi connectivity index (χ1n) is 14.8. The largest absolute Gasteiger partial charge is 0.455 e. The maximum atomic E-state index is 6.52. The van der Waals surface area contributed by atoms with E-state index < -0.39 is 0 Å². The second kappa shape index (κ2) is 10.3. The number of imidazole rings is 1. The Hall–Kier alpha value is -4.70. The maximum absolute atomic E-state index is 6.52. The smallest absolute Gasteiger partial charge is 0.146 e. The number of furan rings is 1. The molecule has 0 N–H and O–H groups in total. The SMILES string of the molecule is Cc1cc2oc3c(-c4nc5ccccc5n4Cc4c(C(C)C)cc(-c5ccccc5)cc4C(C)C)cccc3c2cn1. The number of para-hydroxylation sites is 3. The van der Waals surface area contributed by atoms with Crippen LogP contribution in [-0.4, -0.2) is 14.5 Å². The van der Waals surface area contributed by atoms with Crippen molar-refractivity contribution in [2.75, 3.05) is 0 Å². The van der Waals surface area contributed by atoms with Crippen molar-refractivity contribution in [3.63, 3.8) is 0 Å². The van der Waals surface area contributed by atoms with E-state index in [1.807, 2.05) is 19.2 Å². The molecule has 0 radical (unpaired) electrons. The molecule has 42 heavy (non-hydrogen) atoms. The molecule has 4 nitrogen and oxygen atoms in total. The Labute approximate surface area is 246 Å². The van der Waals surface area contributed by atoms with Gasteiger partial charge in [0, 0.05) is 28.7 Å². The summed E-state index contributed by atoms with van der Waals surface area (Å²) >= 11 is 0. The highest BCUT2D eigenvalue weighted by atomic mass is 16.3. The number of aryl methyl sites for hydroxylation is 1. The van der Waals surface area contributed by atoms with Crippen LogP contribution >= 0.6 is 0 Å². The normalized spacial score (nSPS) is 12.0. The fourth-order valence-electron chi connectivity index (χ4n) is 6.29. The van der Waals surface area contributed by atoms with Gasteiger partial charge in [0.2, 0.25) is 0 Å². The standard InChI is InChI=1S/C38H35N3O/c1-23(2)30-19-27(26-12-7-6-8-13-26)20-31(24(3)4)33(30)22-41-35-17-10-9-16-34(35)40-38(41)29-15-11-14-28-32-21-39-25(5)18-36(32)42-37(28)29/h6-21,23-24H,22H2,1-5H3. The number of benzene rings is 4. The van der Waals surface area contributed by atoms with Crippen molar-refractivity contribution < 1.29 is 4.42 Å². The molecule has 0 amide bonds. The molecule has 3 aromatic heterocycles. The van der Waals surface area contributed by atoms with Crippen molar-refractivity contribution in [3.8, 4) is 22.5 Å². The van der Waals surface area contributed by atoms with Gasteiger partial charge >= 0.3 is 0 Å². The molecule has 3 heterocycles. The summed E-state index contributed by atoms with van der Waals surface area (Å²) in [7, 11) is 0. The van der Waals surface area contributed by atoms with E-state index in [1.54, 1.807) is 0 Å². The molecular weight excluding hydrogens is 514 g/mol. The Balaban J connectivity index is 1.47. The number of hydrogen-bond donors (Lipinski definition) is 0. The van der Waals surface area contributed by atoms with Crippen LogP contribution in [0.25, 0.3) is 55.5 Å². The minimum Gasteiger partial charge on any atom is -0.455 e. The van der Waals surface area contributed by atoms with Crippen LogP contribution in [0, 0.1) is 6.92 Å². The Morgan fingerprint density at radius 2 is 1.45 bits per heavy atom. The fraction of sp³-hybridized carbons (Fsp3) is 0.211. The van der Waals surface area contributed by atoms with Crippen molar-refractivity contribution in [2.45, 2.75) is 53.0 Å². The van der Waals surface area contributed by atoms with E-state index in [2.05, 4.69) is 122 Å². The summed E-state index contributed by atoms with van der Waals surface area (Å²) in [5, 5.41) is 2.09. The quantitative estimate of drug-likeness (QED) is 0.207. The van der Waals surface area contributed by atoms with E-state index in [4.69, 9.17) is 9.40 Å². The first kappa shape index (κ1) is 26.2. The van der Waals surface area contributed by atoms with Crippen molar-refractivity contribution >= 4 is 33.0 Å². The fourth-order valence-corrected chi connectivity index (χ4v) is 6.29. The van der Waals surface area contributed by atoms with Gasteiger partial charge in [0.05, 0.1) is 23.1 Å². The molecular formula is C38H35N3O. The molecule has 0 aliphatic heterocycles. The van der Waals surface area contributed by atoms with Gasteiger partial charge in [-0.15, -0.1) is 0 Å². The van der Waals surface area contributed by atoms with Crippen LogP contribution in [0.1, 0.15) is 61.9 Å². The summed E-state index contributed by atoms with van der Waals surface area (Å²) < 4.78 is 8.90. The lowest BCUT2D eigenvalue weighted by Crippen LogP contribution is -2.11. The molecule has 7 rings (SSSR count). The third kappa shape index (κ3) is 4.39. The van der Waals surface area contributed by atoms with Crippen molar-refractivity contribution in [3.05, 3.63) is 120 Å². The van der Waals surface area contributed by atoms with Gasteiger partial charge in [-0.25, -0.2) is 4.98 Å². The number of hydrogen-bond acceptors (Lipinski definition) is 3. The molecule has 0 unspecified atom stereocenters. The van der Waals surface area contributed by atoms with E-state index in [9.17, 15) is 0 Å². The van der Waals surface area contributed by atoms with Crippen LogP contribution in [0.4, 0.5) is 0 Å². The van der Waals surface area contributed by atoms with Gasteiger partial charge in [-0.2, -0.15) is 0 Å². The molecule has 0 aliphatic rings. The van der Waals surface area contributed by atoms with Crippen LogP contribution in [-0.2, 0) is 6.54 Å². The third-order valence-corrected chi connectivity index (χ3v) is 8.40. The zero-order valence-electron chi connectivity index (χ0n) is 24.8. The number of nitrogens with zero attached hydrogens (tertiary/aromatic N) is 3. The summed E-state index contributed by atoms with van der Waals surface area (Å²) in [4.78, 5) is 9.76. The van der Waals surface area contributed by atoms with E-state index in [0.717, 1.165) is 56.6 Å². The molecule has 4 aromatic carbocycles. The van der Waals surface area contributed by atoms with Gasteiger partial charge in [-0.05, 0) is 64.8 Å². The summed E-state index contributed by atoms with van der Waals surface area (Å²) in [6, 6.07) is 32.3. The van der Waals surface area contributed by atoms with Gasteiger partial charge in [0.25, 0.3) is 0 Å². The maximum Gasteiger partial charge on any atom is 0.146 e. The van der Waals surface area contributed by atoms with E-state index >= 15 is 0 Å². The highest BCUT2D eigenvalue weighted by Crippen LogP contribution is 2.39. The van der Waals surface area contributed by atoms with Gasteiger partial charge in [-0.3, -0.25) is 4.98 Å². The molecule has 0 fully saturated rings. The molecule has 4 heteroatoms. The zero-order valence-corrected chi connectivity index (χ0v) is 24.8. The predicted octanol–water partition coefficient (Wildman–Crippen LogP) is 10.3. The van der Waals surface area contributed by atoms with Crippen LogP contribution < -0.4 is 0 Å². The topological polar surface area (TPSA) is 43.9 Å². The number of fused-ring (bicyclic) bond motifs is 4. The molecule has 0 saturated carbocycles. The van der Waals surface area contributed by atoms with Crippen molar-refractivity contribution in [1.82, 2.24) is 14.5 Å². The molecule has 0 atom stereocenters. The summed E-state index contributed by atoms with van der Waals surface area (Å²) in [5.41, 5.74) is 12.4. The van der Waals surface area contributed by atoms with E-state index in [0.29, 0.717) is 11.8 Å². The Kier molecular flexibility index (Phi) is 6.42. The van der Waals surface area contributed by atoms with Crippen LogP contribution in [0.5, 0.6) is 0 Å². The number of rotatable bonds is 6. The Bertz CT molecular complexity index is 2050.